The minimum atomic E-state index is 0.246. The van der Waals surface area contributed by atoms with Gasteiger partial charge in [-0.3, -0.25) is 4.79 Å². The number of anilines is 1. The minimum Gasteiger partial charge on any atom is -0.369 e. The van der Waals surface area contributed by atoms with Gasteiger partial charge in [-0.05, 0) is 53.7 Å². The lowest BCUT2D eigenvalue weighted by Crippen LogP contribution is -2.36. The van der Waals surface area contributed by atoms with Gasteiger partial charge in [-0.2, -0.15) is 0 Å². The zero-order valence-electron chi connectivity index (χ0n) is 11.3. The molecule has 5 heteroatoms. The molecule has 4 nitrogen and oxygen atoms in total. The number of hydrogen-bond acceptors (Lipinski definition) is 3. The van der Waals surface area contributed by atoms with Gasteiger partial charge < -0.3 is 10.2 Å². The summed E-state index contributed by atoms with van der Waals surface area (Å²) in [5.41, 5.74) is 1.14. The Morgan fingerprint density at radius 3 is 2.89 bits per heavy atom. The number of carbonyl (C=O) groups excluding carboxylic acids is 1. The third-order valence-corrected chi connectivity index (χ3v) is 4.42. The molecule has 0 unspecified atom stereocenters. The van der Waals surface area contributed by atoms with Crippen LogP contribution in [0.3, 0.4) is 0 Å². The third-order valence-electron chi connectivity index (χ3n) is 3.42. The molecule has 1 saturated heterocycles. The number of amides is 1. The normalized spacial score (nSPS) is 15.4. The Balaban J connectivity index is 1.79. The second-order valence-electron chi connectivity index (χ2n) is 4.91. The standard InChI is InChI=1S/C14H20BrN3O/c1-11-5-7-16-14(13(11)15)17-8-6-12(19)18-9-3-2-4-10-18/h5,7H,2-4,6,8-10H2,1H3,(H,16,17). The number of pyridine rings is 1. The van der Waals surface area contributed by atoms with Crippen molar-refractivity contribution in [3.05, 3.63) is 22.3 Å². The Hall–Kier alpha value is -1.10. The Morgan fingerprint density at radius 1 is 1.42 bits per heavy atom. The lowest BCUT2D eigenvalue weighted by molar-refractivity contribution is -0.131. The van der Waals surface area contributed by atoms with Crippen LogP contribution in [0.2, 0.25) is 0 Å². The second kappa shape index (κ2) is 6.89. The van der Waals surface area contributed by atoms with Gasteiger partial charge in [-0.15, -0.1) is 0 Å². The summed E-state index contributed by atoms with van der Waals surface area (Å²) in [4.78, 5) is 18.2. The monoisotopic (exact) mass is 325 g/mol. The van der Waals surface area contributed by atoms with Gasteiger partial charge in [-0.1, -0.05) is 0 Å². The molecule has 1 N–H and O–H groups in total. The molecular weight excluding hydrogens is 306 g/mol. The molecule has 1 aliphatic heterocycles. The van der Waals surface area contributed by atoms with Crippen LogP contribution in [0.1, 0.15) is 31.2 Å². The van der Waals surface area contributed by atoms with E-state index in [9.17, 15) is 4.79 Å². The van der Waals surface area contributed by atoms with Crippen LogP contribution in [-0.2, 0) is 4.79 Å². The fourth-order valence-corrected chi connectivity index (χ4v) is 2.63. The highest BCUT2D eigenvalue weighted by Gasteiger charge is 2.15. The third kappa shape index (κ3) is 3.93. The van der Waals surface area contributed by atoms with E-state index in [2.05, 4.69) is 26.2 Å². The Labute approximate surface area is 122 Å². The van der Waals surface area contributed by atoms with Crippen molar-refractivity contribution in [2.24, 2.45) is 0 Å². The molecule has 0 bridgehead atoms. The predicted octanol–water partition coefficient (Wildman–Crippen LogP) is 2.97. The maximum Gasteiger partial charge on any atom is 0.224 e. The fraction of sp³-hybridized carbons (Fsp3) is 0.571. The summed E-state index contributed by atoms with van der Waals surface area (Å²) >= 11 is 3.50. The highest BCUT2D eigenvalue weighted by atomic mass is 79.9. The van der Waals surface area contributed by atoms with Crippen LogP contribution in [0.25, 0.3) is 0 Å². The molecular formula is C14H20BrN3O. The number of piperidine rings is 1. The van der Waals surface area contributed by atoms with Gasteiger partial charge in [0.2, 0.25) is 5.91 Å². The van der Waals surface area contributed by atoms with Gasteiger partial charge in [0.15, 0.2) is 0 Å². The summed E-state index contributed by atoms with van der Waals surface area (Å²) in [6, 6.07) is 1.95. The molecule has 19 heavy (non-hydrogen) atoms. The molecule has 1 fully saturated rings. The number of halogens is 1. The van der Waals surface area contributed by atoms with E-state index in [1.165, 1.54) is 6.42 Å². The molecule has 1 amide bonds. The maximum atomic E-state index is 12.0. The Kier molecular flexibility index (Phi) is 5.19. The smallest absolute Gasteiger partial charge is 0.224 e. The quantitative estimate of drug-likeness (QED) is 0.925. The molecule has 0 radical (unpaired) electrons. The van der Waals surface area contributed by atoms with Gasteiger partial charge in [0.05, 0.1) is 4.47 Å². The number of rotatable bonds is 4. The molecule has 104 valence electrons. The van der Waals surface area contributed by atoms with E-state index in [1.807, 2.05) is 17.9 Å². The van der Waals surface area contributed by atoms with Crippen LogP contribution in [0.4, 0.5) is 5.82 Å². The first-order chi connectivity index (χ1) is 9.18. The van der Waals surface area contributed by atoms with Gasteiger partial charge in [0.25, 0.3) is 0 Å². The molecule has 0 aromatic carbocycles. The number of aromatic nitrogens is 1. The highest BCUT2D eigenvalue weighted by molar-refractivity contribution is 9.10. The number of hydrogen-bond donors (Lipinski definition) is 1. The Bertz CT molecular complexity index is 444. The summed E-state index contributed by atoms with van der Waals surface area (Å²) in [7, 11) is 0. The first-order valence-electron chi connectivity index (χ1n) is 6.81. The van der Waals surface area contributed by atoms with Crippen LogP contribution in [-0.4, -0.2) is 35.4 Å². The van der Waals surface area contributed by atoms with Crippen molar-refractivity contribution < 1.29 is 4.79 Å². The zero-order valence-corrected chi connectivity index (χ0v) is 12.9. The SMILES string of the molecule is Cc1ccnc(NCCC(=O)N2CCCCC2)c1Br. The highest BCUT2D eigenvalue weighted by Crippen LogP contribution is 2.23. The molecule has 0 saturated carbocycles. The summed E-state index contributed by atoms with van der Waals surface area (Å²) in [6.07, 6.45) is 5.84. The number of aryl methyl sites for hydroxylation is 1. The van der Waals surface area contributed by atoms with E-state index in [0.29, 0.717) is 13.0 Å². The first kappa shape index (κ1) is 14.3. The zero-order chi connectivity index (χ0) is 13.7. The summed E-state index contributed by atoms with van der Waals surface area (Å²) in [6.45, 7) is 4.50. The van der Waals surface area contributed by atoms with Gasteiger partial charge in [0, 0.05) is 32.3 Å². The van der Waals surface area contributed by atoms with Gasteiger partial charge in [0.1, 0.15) is 5.82 Å². The van der Waals surface area contributed by atoms with Crippen molar-refractivity contribution >= 4 is 27.7 Å². The lowest BCUT2D eigenvalue weighted by atomic mass is 10.1. The van der Waals surface area contributed by atoms with E-state index < -0.39 is 0 Å². The van der Waals surface area contributed by atoms with Crippen molar-refractivity contribution in [2.75, 3.05) is 25.0 Å². The predicted molar refractivity (Wildman–Crippen MR) is 80.2 cm³/mol. The molecule has 2 heterocycles. The summed E-state index contributed by atoms with van der Waals surface area (Å²) in [5, 5.41) is 3.22. The first-order valence-corrected chi connectivity index (χ1v) is 7.60. The maximum absolute atomic E-state index is 12.0. The van der Waals surface area contributed by atoms with Crippen molar-refractivity contribution in [1.29, 1.82) is 0 Å². The minimum absolute atomic E-state index is 0.246. The Morgan fingerprint density at radius 2 is 2.16 bits per heavy atom. The topological polar surface area (TPSA) is 45.2 Å². The van der Waals surface area contributed by atoms with Crippen molar-refractivity contribution in [2.45, 2.75) is 32.6 Å². The van der Waals surface area contributed by atoms with Gasteiger partial charge in [-0.25, -0.2) is 4.98 Å². The molecule has 0 spiro atoms. The number of nitrogens with one attached hydrogen (secondary N) is 1. The fourth-order valence-electron chi connectivity index (χ4n) is 2.25. The molecule has 1 aromatic rings. The molecule has 1 aromatic heterocycles. The van der Waals surface area contributed by atoms with E-state index in [4.69, 9.17) is 0 Å². The summed E-state index contributed by atoms with van der Waals surface area (Å²) < 4.78 is 0.973. The van der Waals surface area contributed by atoms with E-state index in [-0.39, 0.29) is 5.91 Å². The molecule has 1 aliphatic rings. The van der Waals surface area contributed by atoms with Crippen molar-refractivity contribution in [3.63, 3.8) is 0 Å². The van der Waals surface area contributed by atoms with E-state index in [0.717, 1.165) is 41.8 Å². The van der Waals surface area contributed by atoms with Crippen molar-refractivity contribution in [1.82, 2.24) is 9.88 Å². The number of nitrogens with zero attached hydrogens (tertiary/aromatic N) is 2. The van der Waals surface area contributed by atoms with Crippen LogP contribution in [0.15, 0.2) is 16.7 Å². The number of carbonyl (C=O) groups is 1. The van der Waals surface area contributed by atoms with Crippen LogP contribution in [0.5, 0.6) is 0 Å². The average Bonchev–Trinajstić information content (AvgIpc) is 2.44. The largest absolute Gasteiger partial charge is 0.369 e. The summed E-state index contributed by atoms with van der Waals surface area (Å²) in [5.74, 6) is 1.06. The van der Waals surface area contributed by atoms with Crippen LogP contribution in [0, 0.1) is 6.92 Å². The second-order valence-corrected chi connectivity index (χ2v) is 5.70. The molecule has 0 aliphatic carbocycles. The number of likely N-dealkylation sites (tertiary alicyclic amines) is 1. The van der Waals surface area contributed by atoms with Crippen LogP contribution >= 0.6 is 15.9 Å². The lowest BCUT2D eigenvalue weighted by Gasteiger charge is -2.26. The van der Waals surface area contributed by atoms with Crippen LogP contribution < -0.4 is 5.32 Å². The van der Waals surface area contributed by atoms with E-state index in [1.54, 1.807) is 6.20 Å². The van der Waals surface area contributed by atoms with Crippen molar-refractivity contribution in [3.8, 4) is 0 Å². The average molecular weight is 326 g/mol. The molecule has 2 rings (SSSR count). The van der Waals surface area contributed by atoms with Gasteiger partial charge >= 0.3 is 0 Å². The molecule has 0 atom stereocenters. The van der Waals surface area contributed by atoms with E-state index >= 15 is 0 Å².